The monoisotopic (exact) mass is 269 g/mol. The molecule has 0 saturated carbocycles. The van der Waals surface area contributed by atoms with Crippen molar-refractivity contribution in [3.05, 3.63) is 46.0 Å². The Morgan fingerprint density at radius 2 is 2.18 bits per heavy atom. The minimum atomic E-state index is -0.178. The molecule has 0 atom stereocenters. The Morgan fingerprint density at radius 1 is 1.35 bits per heavy atom. The van der Waals surface area contributed by atoms with Gasteiger partial charge in [0.25, 0.3) is 0 Å². The largest absolute Gasteiger partial charge is 0.313 e. The Kier molecular flexibility index (Phi) is 4.15. The third-order valence-corrected chi connectivity index (χ3v) is 3.88. The fraction of sp³-hybridized carbons (Fsp3) is 0.231. The van der Waals surface area contributed by atoms with E-state index in [2.05, 4.69) is 5.32 Å². The molecule has 0 saturated heterocycles. The fourth-order valence-electron chi connectivity index (χ4n) is 1.61. The normalized spacial score (nSPS) is 10.8. The maximum Gasteiger partial charge on any atom is 0.127 e. The van der Waals surface area contributed by atoms with Crippen LogP contribution < -0.4 is 5.32 Å². The average molecular weight is 270 g/mol. The molecule has 1 aromatic carbocycles. The molecule has 90 valence electrons. The Labute approximate surface area is 109 Å². The topological polar surface area (TPSA) is 12.0 Å². The zero-order valence-corrected chi connectivity index (χ0v) is 11.0. The number of rotatable bonds is 4. The van der Waals surface area contributed by atoms with Crippen LogP contribution in [0.4, 0.5) is 4.39 Å². The van der Waals surface area contributed by atoms with E-state index in [1.165, 1.54) is 6.07 Å². The number of nitrogens with one attached hydrogen (secondary N) is 1. The zero-order chi connectivity index (χ0) is 12.3. The van der Waals surface area contributed by atoms with Gasteiger partial charge in [-0.1, -0.05) is 24.6 Å². The second-order valence-corrected chi connectivity index (χ2v) is 5.01. The van der Waals surface area contributed by atoms with E-state index in [4.69, 9.17) is 11.6 Å². The first kappa shape index (κ1) is 12.6. The molecular weight excluding hydrogens is 257 g/mol. The highest BCUT2D eigenvalue weighted by Crippen LogP contribution is 2.33. The first-order chi connectivity index (χ1) is 8.22. The zero-order valence-electron chi connectivity index (χ0n) is 9.47. The van der Waals surface area contributed by atoms with Crippen LogP contribution >= 0.6 is 22.9 Å². The van der Waals surface area contributed by atoms with Gasteiger partial charge in [-0.2, -0.15) is 0 Å². The van der Waals surface area contributed by atoms with Crippen LogP contribution in [0.5, 0.6) is 0 Å². The van der Waals surface area contributed by atoms with E-state index in [9.17, 15) is 4.39 Å². The highest BCUT2D eigenvalue weighted by molar-refractivity contribution is 7.14. The molecule has 0 aliphatic heterocycles. The maximum absolute atomic E-state index is 13.6. The van der Waals surface area contributed by atoms with Crippen molar-refractivity contribution in [1.82, 2.24) is 5.32 Å². The van der Waals surface area contributed by atoms with Gasteiger partial charge in [0, 0.05) is 12.1 Å². The maximum atomic E-state index is 13.6. The highest BCUT2D eigenvalue weighted by atomic mass is 35.5. The van der Waals surface area contributed by atoms with Gasteiger partial charge < -0.3 is 5.32 Å². The predicted octanol–water partition coefficient (Wildman–Crippen LogP) is 4.32. The van der Waals surface area contributed by atoms with Gasteiger partial charge in [0.1, 0.15) is 5.82 Å². The molecule has 4 heteroatoms. The Bertz CT molecular complexity index is 510. The van der Waals surface area contributed by atoms with Gasteiger partial charge in [-0.3, -0.25) is 0 Å². The number of hydrogen-bond donors (Lipinski definition) is 1. The molecule has 17 heavy (non-hydrogen) atoms. The first-order valence-corrected chi connectivity index (χ1v) is 6.70. The van der Waals surface area contributed by atoms with Crippen molar-refractivity contribution < 1.29 is 4.39 Å². The molecule has 0 bridgehead atoms. The number of benzene rings is 1. The van der Waals surface area contributed by atoms with E-state index in [-0.39, 0.29) is 5.82 Å². The summed E-state index contributed by atoms with van der Waals surface area (Å²) in [5.74, 6) is -0.178. The van der Waals surface area contributed by atoms with Crippen molar-refractivity contribution in [3.63, 3.8) is 0 Å². The summed E-state index contributed by atoms with van der Waals surface area (Å²) in [5.41, 5.74) is 1.65. The van der Waals surface area contributed by atoms with Crippen LogP contribution in [-0.2, 0) is 6.54 Å². The van der Waals surface area contributed by atoms with Gasteiger partial charge in [-0.05, 0) is 35.7 Å². The van der Waals surface area contributed by atoms with Crippen LogP contribution in [0.2, 0.25) is 5.02 Å². The molecule has 0 spiro atoms. The quantitative estimate of drug-likeness (QED) is 0.872. The second-order valence-electron chi connectivity index (χ2n) is 3.68. The standard InChI is InChI=1S/C13H13ClFNS/c1-2-16-8-10-7-9(3-4-12(10)15)13-11(14)5-6-17-13/h3-7,16H,2,8H2,1H3. The summed E-state index contributed by atoms with van der Waals surface area (Å²) in [7, 11) is 0. The lowest BCUT2D eigenvalue weighted by Crippen LogP contribution is -2.12. The molecule has 1 N–H and O–H groups in total. The molecule has 2 aromatic rings. The van der Waals surface area contributed by atoms with Crippen molar-refractivity contribution in [2.45, 2.75) is 13.5 Å². The van der Waals surface area contributed by atoms with Crippen LogP contribution in [0.1, 0.15) is 12.5 Å². The Morgan fingerprint density at radius 3 is 2.82 bits per heavy atom. The van der Waals surface area contributed by atoms with E-state index in [0.29, 0.717) is 12.1 Å². The van der Waals surface area contributed by atoms with Crippen molar-refractivity contribution in [3.8, 4) is 10.4 Å². The van der Waals surface area contributed by atoms with Gasteiger partial charge in [-0.25, -0.2) is 4.39 Å². The van der Waals surface area contributed by atoms with Crippen LogP contribution in [-0.4, -0.2) is 6.54 Å². The lowest BCUT2D eigenvalue weighted by Gasteiger charge is -2.06. The fourth-order valence-corrected chi connectivity index (χ4v) is 2.78. The van der Waals surface area contributed by atoms with Crippen molar-refractivity contribution >= 4 is 22.9 Å². The summed E-state index contributed by atoms with van der Waals surface area (Å²) >= 11 is 7.64. The van der Waals surface area contributed by atoms with Gasteiger partial charge in [0.2, 0.25) is 0 Å². The molecule has 0 fully saturated rings. The third kappa shape index (κ3) is 2.86. The second kappa shape index (κ2) is 5.63. The predicted molar refractivity (Wildman–Crippen MR) is 72.1 cm³/mol. The van der Waals surface area contributed by atoms with Crippen LogP contribution in [0, 0.1) is 5.82 Å². The molecule has 0 amide bonds. The number of halogens is 2. The molecule has 0 aliphatic rings. The highest BCUT2D eigenvalue weighted by Gasteiger charge is 2.08. The summed E-state index contributed by atoms with van der Waals surface area (Å²) < 4.78 is 13.6. The molecule has 2 rings (SSSR count). The smallest absolute Gasteiger partial charge is 0.127 e. The molecule has 0 aliphatic carbocycles. The Balaban J connectivity index is 2.34. The summed E-state index contributed by atoms with van der Waals surface area (Å²) in [6.07, 6.45) is 0. The van der Waals surface area contributed by atoms with Crippen LogP contribution in [0.3, 0.4) is 0 Å². The van der Waals surface area contributed by atoms with E-state index in [0.717, 1.165) is 22.0 Å². The van der Waals surface area contributed by atoms with Crippen LogP contribution in [0.15, 0.2) is 29.6 Å². The van der Waals surface area contributed by atoms with Gasteiger partial charge in [0.15, 0.2) is 0 Å². The molecule has 0 unspecified atom stereocenters. The van der Waals surface area contributed by atoms with E-state index in [1.54, 1.807) is 17.4 Å². The third-order valence-electron chi connectivity index (χ3n) is 2.49. The van der Waals surface area contributed by atoms with Gasteiger partial charge >= 0.3 is 0 Å². The first-order valence-electron chi connectivity index (χ1n) is 5.45. The van der Waals surface area contributed by atoms with Crippen LogP contribution in [0.25, 0.3) is 10.4 Å². The van der Waals surface area contributed by atoms with E-state index >= 15 is 0 Å². The lowest BCUT2D eigenvalue weighted by molar-refractivity contribution is 0.594. The molecule has 1 nitrogen and oxygen atoms in total. The molecule has 1 heterocycles. The molecule has 0 radical (unpaired) electrons. The summed E-state index contributed by atoms with van der Waals surface area (Å²) in [4.78, 5) is 0.990. The van der Waals surface area contributed by atoms with E-state index in [1.807, 2.05) is 24.4 Å². The van der Waals surface area contributed by atoms with Crippen molar-refractivity contribution in [1.29, 1.82) is 0 Å². The van der Waals surface area contributed by atoms with Gasteiger partial charge in [-0.15, -0.1) is 11.3 Å². The SMILES string of the molecule is CCNCc1cc(-c2sccc2Cl)ccc1F. The van der Waals surface area contributed by atoms with Crippen molar-refractivity contribution in [2.24, 2.45) is 0 Å². The van der Waals surface area contributed by atoms with Crippen molar-refractivity contribution in [2.75, 3.05) is 6.54 Å². The van der Waals surface area contributed by atoms with Gasteiger partial charge in [0.05, 0.1) is 9.90 Å². The summed E-state index contributed by atoms with van der Waals surface area (Å²) in [6.45, 7) is 3.36. The minimum absolute atomic E-state index is 0.178. The molecular formula is C13H13ClFNS. The lowest BCUT2D eigenvalue weighted by atomic mass is 10.1. The summed E-state index contributed by atoms with van der Waals surface area (Å²) in [5, 5.41) is 5.78. The molecule has 1 aromatic heterocycles. The van der Waals surface area contributed by atoms with E-state index < -0.39 is 0 Å². The number of thiophene rings is 1. The number of hydrogen-bond acceptors (Lipinski definition) is 2. The summed E-state index contributed by atoms with van der Waals surface area (Å²) in [6, 6.07) is 6.98. The minimum Gasteiger partial charge on any atom is -0.313 e. The average Bonchev–Trinajstić information content (AvgIpc) is 2.75. The Hall–Kier alpha value is -0.900.